The van der Waals surface area contributed by atoms with E-state index in [9.17, 15) is 22.0 Å². The highest BCUT2D eigenvalue weighted by atomic mass is 32.2. The van der Waals surface area contributed by atoms with Crippen LogP contribution in [0.3, 0.4) is 0 Å². The van der Waals surface area contributed by atoms with Crippen molar-refractivity contribution in [2.75, 3.05) is 0 Å². The number of para-hydroxylation sites is 2. The predicted molar refractivity (Wildman–Crippen MR) is 120 cm³/mol. The number of sulfone groups is 1. The molecule has 0 N–H and O–H groups in total. The van der Waals surface area contributed by atoms with E-state index in [4.69, 9.17) is 4.74 Å². The van der Waals surface area contributed by atoms with Gasteiger partial charge in [-0.15, -0.1) is 0 Å². The van der Waals surface area contributed by atoms with Gasteiger partial charge in [0.05, 0.1) is 15.9 Å². The van der Waals surface area contributed by atoms with Crippen LogP contribution in [0.25, 0.3) is 11.0 Å². The van der Waals surface area contributed by atoms with Gasteiger partial charge in [0.1, 0.15) is 0 Å². The van der Waals surface area contributed by atoms with Gasteiger partial charge in [-0.2, -0.15) is 8.78 Å². The average Bonchev–Trinajstić information content (AvgIpc) is 3.41. The van der Waals surface area contributed by atoms with E-state index in [0.29, 0.717) is 28.5 Å². The number of nitrogens with zero attached hydrogens (tertiary/aromatic N) is 2. The highest BCUT2D eigenvalue weighted by Crippen LogP contribution is 2.43. The van der Waals surface area contributed by atoms with Gasteiger partial charge in [0.15, 0.2) is 26.5 Å². The molecule has 4 rings (SSSR count). The predicted octanol–water partition coefficient (Wildman–Crippen LogP) is 5.44. The summed E-state index contributed by atoms with van der Waals surface area (Å²) in [5, 5.41) is 0. The maximum absolute atomic E-state index is 13.8. The number of carbonyl (C=O) groups is 1. The molecular weight excluding hydrogens is 450 g/mol. The van der Waals surface area contributed by atoms with Crippen LogP contribution in [0.1, 0.15) is 62.2 Å². The first kappa shape index (κ1) is 23.4. The zero-order valence-corrected chi connectivity index (χ0v) is 19.5. The molecule has 0 bridgehead atoms. The van der Waals surface area contributed by atoms with Gasteiger partial charge in [-0.25, -0.2) is 13.4 Å². The van der Waals surface area contributed by atoms with Crippen LogP contribution in [0.5, 0.6) is 0 Å². The van der Waals surface area contributed by atoms with Gasteiger partial charge in [0.25, 0.3) is 0 Å². The normalized spacial score (nSPS) is 16.9. The summed E-state index contributed by atoms with van der Waals surface area (Å²) in [6.45, 7) is 2.02. The number of aromatic nitrogens is 2. The molecule has 1 aliphatic carbocycles. The number of fused-ring (bicyclic) bond motifs is 1. The summed E-state index contributed by atoms with van der Waals surface area (Å²) >= 11 is 0. The molecule has 1 atom stereocenters. The lowest BCUT2D eigenvalue weighted by molar-refractivity contribution is -0.152. The monoisotopic (exact) mass is 476 g/mol. The van der Waals surface area contributed by atoms with Crippen LogP contribution in [0.15, 0.2) is 47.4 Å². The molecule has 1 aliphatic rings. The minimum Gasteiger partial charge on any atom is -0.453 e. The van der Waals surface area contributed by atoms with E-state index in [1.165, 1.54) is 13.0 Å². The van der Waals surface area contributed by atoms with E-state index in [-0.39, 0.29) is 29.1 Å². The molecule has 3 aromatic rings. The molecule has 0 radical (unpaired) electrons. The van der Waals surface area contributed by atoms with Crippen molar-refractivity contribution in [1.29, 1.82) is 0 Å². The summed E-state index contributed by atoms with van der Waals surface area (Å²) in [6, 6.07) is 11.5. The van der Waals surface area contributed by atoms with Crippen LogP contribution >= 0.6 is 0 Å². The molecule has 1 saturated carbocycles. The first-order chi connectivity index (χ1) is 15.6. The Bertz CT molecular complexity index is 1310. The number of carbonyl (C=O) groups excluding carboxylic acids is 1. The number of benzene rings is 2. The van der Waals surface area contributed by atoms with Crippen LogP contribution in [0.4, 0.5) is 8.78 Å². The van der Waals surface area contributed by atoms with Crippen molar-refractivity contribution in [1.82, 2.24) is 9.55 Å². The molecule has 9 heteroatoms. The summed E-state index contributed by atoms with van der Waals surface area (Å²) in [4.78, 5) is 17.8. The Morgan fingerprint density at radius 2 is 1.79 bits per heavy atom. The number of ether oxygens (including phenoxy) is 1. The largest absolute Gasteiger partial charge is 0.453 e. The van der Waals surface area contributed by atoms with Crippen LogP contribution in [-0.4, -0.2) is 28.7 Å². The van der Waals surface area contributed by atoms with Crippen molar-refractivity contribution in [2.45, 2.75) is 68.8 Å². The molecule has 1 unspecified atom stereocenters. The topological polar surface area (TPSA) is 78.3 Å². The minimum absolute atomic E-state index is 0.105. The van der Waals surface area contributed by atoms with E-state index in [0.717, 1.165) is 5.56 Å². The molecule has 0 aliphatic heterocycles. The molecule has 0 spiro atoms. The standard InChI is InChI=1S/C24H26F2N2O4S/c1-15-10-11-16(2)20(14-15)33(30,31)24(12-6-7-13-24)22(29)32-17(3)21-27-18-8-4-5-9-19(18)28(21)23(25)26/h4-5,8-11,14,17,23H,6-7,12-13H2,1-3H3. The third-order valence-electron chi connectivity index (χ3n) is 6.40. The fraction of sp³-hybridized carbons (Fsp3) is 0.417. The Morgan fingerprint density at radius 3 is 2.45 bits per heavy atom. The molecule has 176 valence electrons. The Morgan fingerprint density at radius 1 is 1.12 bits per heavy atom. The van der Waals surface area contributed by atoms with Crippen LogP contribution in [-0.2, 0) is 19.4 Å². The molecule has 0 amide bonds. The SMILES string of the molecule is Cc1ccc(C)c(S(=O)(=O)C2(C(=O)OC(C)c3nc4ccccc4n3C(F)F)CCCC2)c1. The Kier molecular flexibility index (Phi) is 6.03. The van der Waals surface area contributed by atoms with Gasteiger partial charge in [-0.3, -0.25) is 9.36 Å². The fourth-order valence-electron chi connectivity index (χ4n) is 4.61. The Labute approximate surface area is 191 Å². The molecule has 1 heterocycles. The van der Waals surface area contributed by atoms with Crippen LogP contribution < -0.4 is 0 Å². The summed E-state index contributed by atoms with van der Waals surface area (Å²) in [7, 11) is -4.08. The van der Waals surface area contributed by atoms with E-state index < -0.39 is 33.2 Å². The minimum atomic E-state index is -4.08. The number of alkyl halides is 2. The van der Waals surface area contributed by atoms with Crippen molar-refractivity contribution in [3.05, 3.63) is 59.4 Å². The summed E-state index contributed by atoms with van der Waals surface area (Å²) in [5.41, 5.74) is 1.87. The van der Waals surface area contributed by atoms with Gasteiger partial charge in [-0.1, -0.05) is 37.1 Å². The lowest BCUT2D eigenvalue weighted by atomic mass is 10.1. The number of imidazole rings is 1. The van der Waals surface area contributed by atoms with Gasteiger partial charge in [-0.05, 0) is 62.9 Å². The number of hydrogen-bond acceptors (Lipinski definition) is 5. The van der Waals surface area contributed by atoms with E-state index in [1.54, 1.807) is 44.2 Å². The maximum atomic E-state index is 13.8. The average molecular weight is 477 g/mol. The number of halogens is 2. The first-order valence-corrected chi connectivity index (χ1v) is 12.3. The molecule has 2 aromatic carbocycles. The molecule has 6 nitrogen and oxygen atoms in total. The smallest absolute Gasteiger partial charge is 0.328 e. The number of aryl methyl sites for hydroxylation is 2. The number of rotatable bonds is 6. The van der Waals surface area contributed by atoms with Gasteiger partial charge < -0.3 is 4.74 Å². The van der Waals surface area contributed by atoms with Gasteiger partial charge >= 0.3 is 12.5 Å². The van der Waals surface area contributed by atoms with Crippen LogP contribution in [0, 0.1) is 13.8 Å². The third kappa shape index (κ3) is 3.82. The highest BCUT2D eigenvalue weighted by molar-refractivity contribution is 7.93. The summed E-state index contributed by atoms with van der Waals surface area (Å²) < 4.78 is 59.8. The summed E-state index contributed by atoms with van der Waals surface area (Å²) in [6.07, 6.45) is 0.205. The fourth-order valence-corrected chi connectivity index (χ4v) is 6.96. The van der Waals surface area contributed by atoms with E-state index in [2.05, 4.69) is 4.98 Å². The van der Waals surface area contributed by atoms with Crippen molar-refractivity contribution in [3.8, 4) is 0 Å². The van der Waals surface area contributed by atoms with Crippen molar-refractivity contribution < 1.29 is 26.7 Å². The molecule has 33 heavy (non-hydrogen) atoms. The first-order valence-electron chi connectivity index (χ1n) is 10.9. The molecule has 1 fully saturated rings. The highest BCUT2D eigenvalue weighted by Gasteiger charge is 2.55. The second-order valence-electron chi connectivity index (χ2n) is 8.63. The zero-order chi connectivity index (χ0) is 24.0. The van der Waals surface area contributed by atoms with Crippen molar-refractivity contribution in [2.24, 2.45) is 0 Å². The second-order valence-corrected chi connectivity index (χ2v) is 10.9. The number of hydrogen-bond donors (Lipinski definition) is 0. The second kappa shape index (κ2) is 8.52. The quantitative estimate of drug-likeness (QED) is 0.443. The van der Waals surface area contributed by atoms with Gasteiger partial charge in [0.2, 0.25) is 0 Å². The van der Waals surface area contributed by atoms with E-state index >= 15 is 0 Å². The Hall–Kier alpha value is -2.81. The maximum Gasteiger partial charge on any atom is 0.328 e. The van der Waals surface area contributed by atoms with E-state index in [1.807, 2.05) is 6.07 Å². The molecular formula is C24H26F2N2O4S. The van der Waals surface area contributed by atoms with Gasteiger partial charge in [0, 0.05) is 0 Å². The number of esters is 1. The van der Waals surface area contributed by atoms with Crippen molar-refractivity contribution in [3.63, 3.8) is 0 Å². The third-order valence-corrected chi connectivity index (χ3v) is 9.02. The lowest BCUT2D eigenvalue weighted by Gasteiger charge is -2.29. The summed E-state index contributed by atoms with van der Waals surface area (Å²) in [5.74, 6) is -1.04. The van der Waals surface area contributed by atoms with Crippen LogP contribution in [0.2, 0.25) is 0 Å². The molecule has 0 saturated heterocycles. The zero-order valence-electron chi connectivity index (χ0n) is 18.7. The Balaban J connectivity index is 1.73. The lowest BCUT2D eigenvalue weighted by Crippen LogP contribution is -2.46. The molecule has 1 aromatic heterocycles. The van der Waals surface area contributed by atoms with Crippen molar-refractivity contribution >= 4 is 26.8 Å².